The predicted octanol–water partition coefficient (Wildman–Crippen LogP) is 0.896. The van der Waals surface area contributed by atoms with Crippen molar-refractivity contribution in [3.63, 3.8) is 0 Å². The normalized spacial score (nSPS) is 12.9. The van der Waals surface area contributed by atoms with Gasteiger partial charge in [-0.1, -0.05) is 13.3 Å². The Hall–Kier alpha value is -0.280. The lowest BCUT2D eigenvalue weighted by Crippen LogP contribution is -2.27. The third-order valence-corrected chi connectivity index (χ3v) is 1.56. The summed E-state index contributed by atoms with van der Waals surface area (Å²) in [6.07, 6.45) is 2.06. The zero-order valence-corrected chi connectivity index (χ0v) is 7.43. The molecule has 0 fully saturated rings. The molecule has 0 aromatic rings. The van der Waals surface area contributed by atoms with Gasteiger partial charge in [-0.25, -0.2) is 0 Å². The van der Waals surface area contributed by atoms with Crippen LogP contribution in [0.4, 0.5) is 0 Å². The highest BCUT2D eigenvalue weighted by atomic mass is 35.5. The van der Waals surface area contributed by atoms with Crippen LogP contribution in [0.2, 0.25) is 0 Å². The van der Waals surface area contributed by atoms with Crippen LogP contribution < -0.4 is 5.73 Å². The number of hydrogen-bond acceptors (Lipinski definition) is 2. The molecule has 1 unspecified atom stereocenters. The Labute approximate surface area is 71.8 Å². The fourth-order valence-corrected chi connectivity index (χ4v) is 0.604. The summed E-state index contributed by atoms with van der Waals surface area (Å²) < 4.78 is 5.06. The van der Waals surface area contributed by atoms with E-state index in [1.165, 1.54) is 0 Å². The Morgan fingerprint density at radius 2 is 2.36 bits per heavy atom. The van der Waals surface area contributed by atoms with Gasteiger partial charge >= 0.3 is 0 Å². The maximum absolute atomic E-state index is 10.4. The zero-order valence-electron chi connectivity index (χ0n) is 6.68. The quantitative estimate of drug-likeness (QED) is 0.487. The Kier molecular flexibility index (Phi) is 6.27. The Bertz CT molecular complexity index is 119. The van der Waals surface area contributed by atoms with Gasteiger partial charge in [0.05, 0.1) is 6.61 Å². The number of halogens is 1. The van der Waals surface area contributed by atoms with Crippen molar-refractivity contribution in [2.75, 3.05) is 13.2 Å². The van der Waals surface area contributed by atoms with Crippen LogP contribution in [0.3, 0.4) is 0 Å². The molecular formula is C7H14ClNO2. The fourth-order valence-electron chi connectivity index (χ4n) is 0.515. The van der Waals surface area contributed by atoms with Crippen molar-refractivity contribution in [2.24, 2.45) is 5.73 Å². The van der Waals surface area contributed by atoms with Crippen LogP contribution in [0.15, 0.2) is 0 Å². The summed E-state index contributed by atoms with van der Waals surface area (Å²) in [7, 11) is 0. The Morgan fingerprint density at radius 3 is 2.82 bits per heavy atom. The molecule has 0 aromatic heterocycles. The molecule has 11 heavy (non-hydrogen) atoms. The second-order valence-corrected chi connectivity index (χ2v) is 2.83. The summed E-state index contributed by atoms with van der Waals surface area (Å²) in [4.78, 5) is 10.4. The second kappa shape index (κ2) is 6.43. The van der Waals surface area contributed by atoms with Gasteiger partial charge in [-0.3, -0.25) is 4.79 Å². The molecule has 0 saturated carbocycles. The van der Waals surface area contributed by atoms with E-state index in [2.05, 4.69) is 6.92 Å². The SMILES string of the molecule is CCCCOCC(Cl)C(N)=O. The van der Waals surface area contributed by atoms with Gasteiger partial charge in [0.15, 0.2) is 0 Å². The van der Waals surface area contributed by atoms with Crippen molar-refractivity contribution in [2.45, 2.75) is 25.1 Å². The van der Waals surface area contributed by atoms with Crippen LogP contribution in [0, 0.1) is 0 Å². The van der Waals surface area contributed by atoms with Crippen molar-refractivity contribution in [3.05, 3.63) is 0 Å². The summed E-state index contributed by atoms with van der Waals surface area (Å²) in [5.41, 5.74) is 4.90. The van der Waals surface area contributed by atoms with Crippen molar-refractivity contribution in [1.29, 1.82) is 0 Å². The lowest BCUT2D eigenvalue weighted by molar-refractivity contribution is -0.118. The van der Waals surface area contributed by atoms with Gasteiger partial charge in [-0.05, 0) is 6.42 Å². The monoisotopic (exact) mass is 179 g/mol. The minimum atomic E-state index is -0.688. The Balaban J connectivity index is 3.17. The number of amides is 1. The third-order valence-electron chi connectivity index (χ3n) is 1.22. The van der Waals surface area contributed by atoms with E-state index in [0.717, 1.165) is 12.8 Å². The van der Waals surface area contributed by atoms with E-state index >= 15 is 0 Å². The van der Waals surface area contributed by atoms with E-state index in [4.69, 9.17) is 22.1 Å². The first-order valence-electron chi connectivity index (χ1n) is 3.69. The minimum absolute atomic E-state index is 0.219. The standard InChI is InChI=1S/C7H14ClNO2/c1-2-3-4-11-5-6(8)7(9)10/h6H,2-5H2,1H3,(H2,9,10). The molecule has 0 saturated heterocycles. The molecule has 0 aliphatic carbocycles. The van der Waals surface area contributed by atoms with Gasteiger partial charge in [0.1, 0.15) is 5.38 Å². The summed E-state index contributed by atoms with van der Waals surface area (Å²) >= 11 is 5.50. The van der Waals surface area contributed by atoms with Crippen molar-refractivity contribution >= 4 is 17.5 Å². The number of nitrogens with two attached hydrogens (primary N) is 1. The van der Waals surface area contributed by atoms with E-state index in [1.807, 2.05) is 0 Å². The summed E-state index contributed by atoms with van der Waals surface area (Å²) in [6.45, 7) is 2.93. The Morgan fingerprint density at radius 1 is 1.73 bits per heavy atom. The van der Waals surface area contributed by atoms with E-state index in [9.17, 15) is 4.79 Å². The highest BCUT2D eigenvalue weighted by molar-refractivity contribution is 6.30. The molecule has 66 valence electrons. The van der Waals surface area contributed by atoms with Gasteiger partial charge in [-0.2, -0.15) is 0 Å². The molecule has 0 bridgehead atoms. The van der Waals surface area contributed by atoms with E-state index in [0.29, 0.717) is 6.61 Å². The zero-order chi connectivity index (χ0) is 8.69. The first-order chi connectivity index (χ1) is 5.18. The van der Waals surface area contributed by atoms with Crippen molar-refractivity contribution in [3.8, 4) is 0 Å². The number of unbranched alkanes of at least 4 members (excludes halogenated alkanes) is 1. The molecule has 0 heterocycles. The molecule has 1 amide bonds. The van der Waals surface area contributed by atoms with Crippen LogP contribution in [0.1, 0.15) is 19.8 Å². The third kappa shape index (κ3) is 6.13. The maximum Gasteiger partial charge on any atom is 0.237 e. The number of hydrogen-bond donors (Lipinski definition) is 1. The summed E-state index contributed by atoms with van der Waals surface area (Å²) in [6, 6.07) is 0. The largest absolute Gasteiger partial charge is 0.379 e. The highest BCUT2D eigenvalue weighted by Crippen LogP contribution is 1.96. The molecule has 0 spiro atoms. The predicted molar refractivity (Wildman–Crippen MR) is 44.6 cm³/mol. The average Bonchev–Trinajstić information content (AvgIpc) is 1.97. The van der Waals surface area contributed by atoms with Gasteiger partial charge in [0.25, 0.3) is 0 Å². The number of rotatable bonds is 6. The maximum atomic E-state index is 10.4. The molecule has 0 radical (unpaired) electrons. The lowest BCUT2D eigenvalue weighted by Gasteiger charge is -2.05. The lowest BCUT2D eigenvalue weighted by atomic mass is 10.3. The van der Waals surface area contributed by atoms with Gasteiger partial charge in [-0.15, -0.1) is 11.6 Å². The molecule has 0 rings (SSSR count). The summed E-state index contributed by atoms with van der Waals surface area (Å²) in [5.74, 6) is -0.525. The van der Waals surface area contributed by atoms with Crippen molar-refractivity contribution in [1.82, 2.24) is 0 Å². The molecule has 1 atom stereocenters. The first-order valence-corrected chi connectivity index (χ1v) is 4.13. The molecule has 0 aliphatic heterocycles. The van der Waals surface area contributed by atoms with Crippen LogP contribution in [0.25, 0.3) is 0 Å². The van der Waals surface area contributed by atoms with Crippen LogP contribution in [-0.4, -0.2) is 24.5 Å². The molecule has 2 N–H and O–H groups in total. The van der Waals surface area contributed by atoms with E-state index in [-0.39, 0.29) is 6.61 Å². The van der Waals surface area contributed by atoms with E-state index < -0.39 is 11.3 Å². The molecule has 3 nitrogen and oxygen atoms in total. The molecule has 0 aliphatic rings. The number of carbonyl (C=O) groups is 1. The summed E-state index contributed by atoms with van der Waals surface area (Å²) in [5, 5.41) is -0.688. The van der Waals surface area contributed by atoms with E-state index in [1.54, 1.807) is 0 Å². The first kappa shape index (κ1) is 10.7. The molecule has 4 heteroatoms. The van der Waals surface area contributed by atoms with Crippen molar-refractivity contribution < 1.29 is 9.53 Å². The number of alkyl halides is 1. The van der Waals surface area contributed by atoms with Gasteiger partial charge in [0, 0.05) is 6.61 Å². The molecular weight excluding hydrogens is 166 g/mol. The average molecular weight is 180 g/mol. The van der Waals surface area contributed by atoms with Crippen LogP contribution >= 0.6 is 11.6 Å². The fraction of sp³-hybridized carbons (Fsp3) is 0.857. The minimum Gasteiger partial charge on any atom is -0.379 e. The van der Waals surface area contributed by atoms with Gasteiger partial charge in [0.2, 0.25) is 5.91 Å². The highest BCUT2D eigenvalue weighted by Gasteiger charge is 2.09. The number of ether oxygens (including phenoxy) is 1. The van der Waals surface area contributed by atoms with Crippen LogP contribution in [0.5, 0.6) is 0 Å². The number of carbonyl (C=O) groups excluding carboxylic acids is 1. The van der Waals surface area contributed by atoms with Gasteiger partial charge < -0.3 is 10.5 Å². The van der Waals surface area contributed by atoms with Crippen LogP contribution in [-0.2, 0) is 9.53 Å². The molecule has 0 aromatic carbocycles. The second-order valence-electron chi connectivity index (χ2n) is 2.30. The smallest absolute Gasteiger partial charge is 0.237 e. The topological polar surface area (TPSA) is 52.3 Å². The number of primary amides is 1.